The Bertz CT molecular complexity index is 1290. The average Bonchev–Trinajstić information content (AvgIpc) is 3.49. The van der Waals surface area contributed by atoms with E-state index in [1.54, 1.807) is 10.6 Å². The molecule has 3 heterocycles. The molecule has 5 rings (SSSR count). The number of nitro groups is 1. The molecule has 1 saturated heterocycles. The van der Waals surface area contributed by atoms with E-state index in [-0.39, 0.29) is 30.5 Å². The van der Waals surface area contributed by atoms with Crippen LogP contribution in [0, 0.1) is 15.9 Å². The number of anilines is 1. The van der Waals surface area contributed by atoms with Gasteiger partial charge in [0.15, 0.2) is 17.2 Å². The third kappa shape index (κ3) is 3.41. The number of fused-ring (bicyclic) bond motifs is 1. The van der Waals surface area contributed by atoms with E-state index in [1.165, 1.54) is 11.9 Å². The summed E-state index contributed by atoms with van der Waals surface area (Å²) < 4.78 is 21.2. The molecule has 11 heteroatoms. The van der Waals surface area contributed by atoms with E-state index >= 15 is 0 Å². The molecular formula is C21H18FN5O5. The van der Waals surface area contributed by atoms with E-state index in [2.05, 4.69) is 4.98 Å². The number of benzene rings is 1. The number of urea groups is 1. The Morgan fingerprint density at radius 3 is 2.69 bits per heavy atom. The Hall–Kier alpha value is -4.02. The van der Waals surface area contributed by atoms with E-state index in [9.17, 15) is 24.1 Å². The second kappa shape index (κ2) is 7.29. The molecule has 0 atom stereocenters. The summed E-state index contributed by atoms with van der Waals surface area (Å²) >= 11 is 0. The number of carbonyl (C=O) groups is 2. The predicted molar refractivity (Wildman–Crippen MR) is 110 cm³/mol. The van der Waals surface area contributed by atoms with Crippen LogP contribution in [0.3, 0.4) is 0 Å². The number of rotatable bonds is 6. The topological polar surface area (TPSA) is 110 Å². The van der Waals surface area contributed by atoms with Crippen molar-refractivity contribution in [3.63, 3.8) is 0 Å². The van der Waals surface area contributed by atoms with Gasteiger partial charge < -0.3 is 9.14 Å². The number of imidazole rings is 1. The Morgan fingerprint density at radius 1 is 1.25 bits per heavy atom. The number of nitro benzene ring substituents is 1. The van der Waals surface area contributed by atoms with Crippen molar-refractivity contribution in [3.8, 4) is 5.75 Å². The average molecular weight is 439 g/mol. The zero-order chi connectivity index (χ0) is 22.6. The molecule has 2 aromatic heterocycles. The van der Waals surface area contributed by atoms with Crippen molar-refractivity contribution in [1.82, 2.24) is 14.3 Å². The minimum atomic E-state index is -0.722. The summed E-state index contributed by atoms with van der Waals surface area (Å²) in [5.41, 5.74) is 2.18. The van der Waals surface area contributed by atoms with Crippen LogP contribution in [-0.2, 0) is 11.4 Å². The maximum Gasteiger partial charge on any atom is 0.331 e. The number of amides is 3. The number of halogens is 1. The van der Waals surface area contributed by atoms with Crippen molar-refractivity contribution in [1.29, 1.82) is 0 Å². The van der Waals surface area contributed by atoms with Gasteiger partial charge in [-0.05, 0) is 36.5 Å². The van der Waals surface area contributed by atoms with Crippen LogP contribution in [0.25, 0.3) is 5.65 Å². The molecule has 2 fully saturated rings. The first-order chi connectivity index (χ1) is 15.3. The predicted octanol–water partition coefficient (Wildman–Crippen LogP) is 3.24. The summed E-state index contributed by atoms with van der Waals surface area (Å²) in [5, 5.41) is 10.9. The first-order valence-electron chi connectivity index (χ1n) is 9.98. The van der Waals surface area contributed by atoms with E-state index in [0.717, 1.165) is 41.5 Å². The number of aromatic nitrogens is 2. The Kier molecular flexibility index (Phi) is 4.54. The highest BCUT2D eigenvalue weighted by molar-refractivity contribution is 6.13. The van der Waals surface area contributed by atoms with Gasteiger partial charge in [-0.1, -0.05) is 0 Å². The molecule has 2 aliphatic rings. The van der Waals surface area contributed by atoms with E-state index in [1.807, 2.05) is 12.3 Å². The summed E-state index contributed by atoms with van der Waals surface area (Å²) in [6, 6.07) is 4.51. The van der Waals surface area contributed by atoms with E-state index < -0.39 is 16.8 Å². The van der Waals surface area contributed by atoms with Gasteiger partial charge >= 0.3 is 6.03 Å². The summed E-state index contributed by atoms with van der Waals surface area (Å²) in [6.45, 7) is -0.207. The van der Waals surface area contributed by atoms with Gasteiger partial charge in [-0.3, -0.25) is 24.7 Å². The number of hydrogen-bond acceptors (Lipinski definition) is 6. The lowest BCUT2D eigenvalue weighted by molar-refractivity contribution is -0.385. The van der Waals surface area contributed by atoms with Crippen molar-refractivity contribution in [2.75, 3.05) is 18.5 Å². The summed E-state index contributed by atoms with van der Waals surface area (Å²) in [5.74, 6) is -0.885. The highest BCUT2D eigenvalue weighted by Crippen LogP contribution is 2.42. The van der Waals surface area contributed by atoms with Gasteiger partial charge in [0.1, 0.15) is 13.2 Å². The first-order valence-corrected chi connectivity index (χ1v) is 9.98. The number of hydrogen-bond donors (Lipinski definition) is 0. The number of ether oxygens (including phenoxy) is 1. The Morgan fingerprint density at radius 2 is 2.03 bits per heavy atom. The van der Waals surface area contributed by atoms with Crippen LogP contribution in [0.4, 0.5) is 20.6 Å². The van der Waals surface area contributed by atoms with Gasteiger partial charge in [0.25, 0.3) is 5.69 Å². The lowest BCUT2D eigenvalue weighted by Crippen LogP contribution is -2.30. The SMILES string of the molecule is CN1C(=O)CN(c2cc(C3CC3)cn3cc(COc4cc([N+](=O)[O-])ccc4F)nc23)C1=O. The zero-order valence-corrected chi connectivity index (χ0v) is 17.0. The third-order valence-corrected chi connectivity index (χ3v) is 5.63. The highest BCUT2D eigenvalue weighted by Gasteiger charge is 2.36. The molecule has 3 amide bonds. The summed E-state index contributed by atoms with van der Waals surface area (Å²) in [4.78, 5) is 41.9. The molecule has 0 bridgehead atoms. The van der Waals surface area contributed by atoms with Gasteiger partial charge in [-0.15, -0.1) is 0 Å². The van der Waals surface area contributed by atoms with Crippen molar-refractivity contribution >= 4 is 29.0 Å². The smallest absolute Gasteiger partial charge is 0.331 e. The van der Waals surface area contributed by atoms with Crippen LogP contribution in [0.5, 0.6) is 5.75 Å². The molecule has 0 radical (unpaired) electrons. The highest BCUT2D eigenvalue weighted by atomic mass is 19.1. The third-order valence-electron chi connectivity index (χ3n) is 5.63. The molecule has 0 N–H and O–H groups in total. The standard InChI is InChI=1S/C21H18FN5O5/c1-24-19(28)10-26(21(24)29)17-6-13(12-2-3-12)8-25-9-14(23-20(17)25)11-32-18-7-15(27(30)31)4-5-16(18)22/h4-9,12H,2-3,10-11H2,1H3. The molecule has 32 heavy (non-hydrogen) atoms. The summed E-state index contributed by atoms with van der Waals surface area (Å²) in [7, 11) is 1.44. The van der Waals surface area contributed by atoms with Crippen LogP contribution in [0.15, 0.2) is 36.7 Å². The van der Waals surface area contributed by atoms with E-state index in [0.29, 0.717) is 22.9 Å². The Labute approximate surface area is 181 Å². The maximum atomic E-state index is 14.0. The summed E-state index contributed by atoms with van der Waals surface area (Å²) in [6.07, 6.45) is 5.72. The van der Waals surface area contributed by atoms with Gasteiger partial charge in [0.2, 0.25) is 5.91 Å². The van der Waals surface area contributed by atoms with Crippen molar-refractivity contribution in [2.45, 2.75) is 25.4 Å². The van der Waals surface area contributed by atoms with Crippen LogP contribution in [0.1, 0.15) is 30.0 Å². The molecule has 1 aliphatic carbocycles. The maximum absolute atomic E-state index is 14.0. The molecule has 1 aromatic carbocycles. The normalized spacial score (nSPS) is 16.3. The molecule has 0 unspecified atom stereocenters. The van der Waals surface area contributed by atoms with Crippen molar-refractivity contribution in [2.24, 2.45) is 0 Å². The van der Waals surface area contributed by atoms with Gasteiger partial charge in [0, 0.05) is 25.5 Å². The van der Waals surface area contributed by atoms with E-state index in [4.69, 9.17) is 4.74 Å². The first kappa shape index (κ1) is 19.9. The number of imide groups is 1. The zero-order valence-electron chi connectivity index (χ0n) is 17.0. The molecule has 10 nitrogen and oxygen atoms in total. The molecule has 1 aliphatic heterocycles. The number of nitrogens with zero attached hydrogens (tertiary/aromatic N) is 5. The number of pyridine rings is 1. The van der Waals surface area contributed by atoms with Crippen LogP contribution in [0.2, 0.25) is 0 Å². The van der Waals surface area contributed by atoms with Gasteiger partial charge in [0.05, 0.1) is 22.4 Å². The van der Waals surface area contributed by atoms with Gasteiger partial charge in [-0.2, -0.15) is 0 Å². The van der Waals surface area contributed by atoms with Crippen LogP contribution < -0.4 is 9.64 Å². The minimum absolute atomic E-state index is 0.0727. The van der Waals surface area contributed by atoms with Crippen LogP contribution in [-0.4, -0.2) is 44.7 Å². The number of non-ortho nitro benzene ring substituents is 1. The molecule has 1 saturated carbocycles. The van der Waals surface area contributed by atoms with Crippen LogP contribution >= 0.6 is 0 Å². The van der Waals surface area contributed by atoms with Crippen molar-refractivity contribution in [3.05, 3.63) is 63.8 Å². The number of carbonyl (C=O) groups excluding carboxylic acids is 2. The fourth-order valence-corrected chi connectivity index (χ4v) is 3.71. The fourth-order valence-electron chi connectivity index (χ4n) is 3.71. The van der Waals surface area contributed by atoms with Crippen molar-refractivity contribution < 1.29 is 23.6 Å². The minimum Gasteiger partial charge on any atom is -0.484 e. The second-order valence-corrected chi connectivity index (χ2v) is 7.88. The van der Waals surface area contributed by atoms with Gasteiger partial charge in [-0.25, -0.2) is 14.2 Å². The largest absolute Gasteiger partial charge is 0.484 e. The lowest BCUT2D eigenvalue weighted by Gasteiger charge is -2.17. The second-order valence-electron chi connectivity index (χ2n) is 7.88. The molecule has 0 spiro atoms. The molecule has 3 aromatic rings. The quantitative estimate of drug-likeness (QED) is 0.331. The fraction of sp³-hybridized carbons (Fsp3) is 0.286. The molecular weight excluding hydrogens is 421 g/mol. The Balaban J connectivity index is 1.48. The lowest BCUT2D eigenvalue weighted by atomic mass is 10.1. The monoisotopic (exact) mass is 439 g/mol. The molecule has 164 valence electrons. The number of likely N-dealkylation sites (N-methyl/N-ethyl adjacent to an activating group) is 1.